The van der Waals surface area contributed by atoms with E-state index >= 15 is 0 Å². The normalized spacial score (nSPS) is 11.6. The summed E-state index contributed by atoms with van der Waals surface area (Å²) in [6, 6.07) is 3.52. The maximum absolute atomic E-state index is 9.50. The van der Waals surface area contributed by atoms with E-state index in [9.17, 15) is 5.11 Å². The summed E-state index contributed by atoms with van der Waals surface area (Å²) >= 11 is 0. The van der Waals surface area contributed by atoms with Crippen LogP contribution >= 0.6 is 0 Å². The van der Waals surface area contributed by atoms with E-state index in [-0.39, 0.29) is 11.2 Å². The zero-order valence-electron chi connectivity index (χ0n) is 8.26. The number of anilines is 2. The summed E-state index contributed by atoms with van der Waals surface area (Å²) in [5.41, 5.74) is 12.8. The molecule has 0 unspecified atom stereocenters. The summed E-state index contributed by atoms with van der Waals surface area (Å²) in [6.07, 6.45) is 0. The molecule has 1 aromatic carbocycles. The Kier molecular flexibility index (Phi) is 2.12. The Morgan fingerprint density at radius 3 is 2.15 bits per heavy atom. The number of benzene rings is 1. The summed E-state index contributed by atoms with van der Waals surface area (Å²) in [5.74, 6) is -0.00701. The molecule has 72 valence electrons. The Labute approximate surface area is 78.4 Å². The van der Waals surface area contributed by atoms with Crippen molar-refractivity contribution >= 4 is 11.4 Å². The second kappa shape index (κ2) is 2.83. The van der Waals surface area contributed by atoms with Gasteiger partial charge in [0, 0.05) is 0 Å². The lowest BCUT2D eigenvalue weighted by molar-refractivity contribution is 0.477. The number of phenolic OH excluding ortho intramolecular Hbond substituents is 1. The van der Waals surface area contributed by atoms with Crippen LogP contribution in [0, 0.1) is 0 Å². The number of phenols is 1. The first-order valence-electron chi connectivity index (χ1n) is 4.21. The van der Waals surface area contributed by atoms with Crippen LogP contribution in [-0.2, 0) is 5.41 Å². The van der Waals surface area contributed by atoms with E-state index in [0.717, 1.165) is 5.56 Å². The van der Waals surface area contributed by atoms with Gasteiger partial charge in [-0.15, -0.1) is 0 Å². The van der Waals surface area contributed by atoms with Gasteiger partial charge >= 0.3 is 0 Å². The lowest BCUT2D eigenvalue weighted by Gasteiger charge is -2.22. The van der Waals surface area contributed by atoms with E-state index in [2.05, 4.69) is 0 Å². The number of hydrogen-bond donors (Lipinski definition) is 3. The lowest BCUT2D eigenvalue weighted by atomic mass is 9.85. The molecule has 0 aromatic heterocycles. The Balaban J connectivity index is 3.35. The predicted octanol–water partition coefficient (Wildman–Crippen LogP) is 1.85. The summed E-state index contributed by atoms with van der Waals surface area (Å²) in [7, 11) is 0. The van der Waals surface area contributed by atoms with Gasteiger partial charge in [0.25, 0.3) is 0 Å². The van der Waals surface area contributed by atoms with E-state index in [1.807, 2.05) is 26.8 Å². The van der Waals surface area contributed by atoms with Crippen molar-refractivity contribution in [1.29, 1.82) is 0 Å². The molecular formula is C10H16N2O. The van der Waals surface area contributed by atoms with Crippen molar-refractivity contribution in [1.82, 2.24) is 0 Å². The second-order valence-corrected chi connectivity index (χ2v) is 4.21. The number of nitrogen functional groups attached to an aromatic ring is 2. The third-order valence-electron chi connectivity index (χ3n) is 2.06. The molecule has 3 heteroatoms. The molecular weight excluding hydrogens is 164 g/mol. The fourth-order valence-corrected chi connectivity index (χ4v) is 1.28. The van der Waals surface area contributed by atoms with E-state index in [1.54, 1.807) is 6.07 Å². The molecule has 0 radical (unpaired) electrons. The van der Waals surface area contributed by atoms with E-state index in [0.29, 0.717) is 11.4 Å². The van der Waals surface area contributed by atoms with Crippen LogP contribution < -0.4 is 11.5 Å². The second-order valence-electron chi connectivity index (χ2n) is 4.21. The van der Waals surface area contributed by atoms with Crippen molar-refractivity contribution in [3.63, 3.8) is 0 Å². The van der Waals surface area contributed by atoms with Crippen molar-refractivity contribution in [3.05, 3.63) is 17.7 Å². The molecule has 3 nitrogen and oxygen atoms in total. The highest BCUT2D eigenvalue weighted by atomic mass is 16.3. The van der Waals surface area contributed by atoms with Crippen molar-refractivity contribution in [2.75, 3.05) is 11.5 Å². The van der Waals surface area contributed by atoms with Gasteiger partial charge < -0.3 is 16.6 Å². The molecule has 0 fully saturated rings. The molecule has 1 aromatic rings. The van der Waals surface area contributed by atoms with Crippen LogP contribution in [0.3, 0.4) is 0 Å². The molecule has 0 aliphatic rings. The zero-order valence-corrected chi connectivity index (χ0v) is 8.26. The first-order valence-corrected chi connectivity index (χ1v) is 4.21. The maximum Gasteiger partial charge on any atom is 0.161 e. The molecule has 1 rings (SSSR count). The molecule has 0 bridgehead atoms. The highest BCUT2D eigenvalue weighted by molar-refractivity contribution is 5.71. The Bertz CT molecular complexity index is 326. The summed E-state index contributed by atoms with van der Waals surface area (Å²) in [5, 5.41) is 9.50. The monoisotopic (exact) mass is 180 g/mol. The fraction of sp³-hybridized carbons (Fsp3) is 0.400. The summed E-state index contributed by atoms with van der Waals surface area (Å²) in [6.45, 7) is 6.11. The Morgan fingerprint density at radius 2 is 1.69 bits per heavy atom. The van der Waals surface area contributed by atoms with Gasteiger partial charge in [-0.1, -0.05) is 26.8 Å². The Hall–Kier alpha value is -1.38. The van der Waals surface area contributed by atoms with Crippen LogP contribution in [0.5, 0.6) is 5.75 Å². The van der Waals surface area contributed by atoms with Gasteiger partial charge in [-0.05, 0) is 17.0 Å². The molecule has 5 N–H and O–H groups in total. The molecule has 0 saturated heterocycles. The molecule has 0 saturated carbocycles. The summed E-state index contributed by atoms with van der Waals surface area (Å²) in [4.78, 5) is 0. The van der Waals surface area contributed by atoms with Crippen LogP contribution in [0.4, 0.5) is 11.4 Å². The standard InChI is InChI=1S/C10H16N2O/c1-10(2,3)6-4-5-7(11)9(13)8(6)12/h4-5,13H,11-12H2,1-3H3. The van der Waals surface area contributed by atoms with E-state index < -0.39 is 0 Å². The smallest absolute Gasteiger partial charge is 0.161 e. The summed E-state index contributed by atoms with van der Waals surface area (Å²) < 4.78 is 0. The maximum atomic E-state index is 9.50. The first-order chi connectivity index (χ1) is 5.84. The number of rotatable bonds is 0. The molecule has 13 heavy (non-hydrogen) atoms. The fourth-order valence-electron chi connectivity index (χ4n) is 1.28. The molecule has 0 aliphatic heterocycles. The SMILES string of the molecule is CC(C)(C)c1ccc(N)c(O)c1N. The van der Waals surface area contributed by atoms with Gasteiger partial charge in [0.05, 0.1) is 11.4 Å². The number of nitrogens with two attached hydrogens (primary N) is 2. The third-order valence-corrected chi connectivity index (χ3v) is 2.06. The van der Waals surface area contributed by atoms with Gasteiger partial charge in [0.2, 0.25) is 0 Å². The Morgan fingerprint density at radius 1 is 1.15 bits per heavy atom. The van der Waals surface area contributed by atoms with Gasteiger partial charge in [-0.2, -0.15) is 0 Å². The van der Waals surface area contributed by atoms with Crippen LogP contribution in [0.1, 0.15) is 26.3 Å². The van der Waals surface area contributed by atoms with E-state index in [4.69, 9.17) is 11.5 Å². The van der Waals surface area contributed by atoms with Crippen molar-refractivity contribution in [3.8, 4) is 5.75 Å². The molecule has 0 spiro atoms. The highest BCUT2D eigenvalue weighted by Gasteiger charge is 2.19. The first kappa shape index (κ1) is 9.71. The van der Waals surface area contributed by atoms with Gasteiger partial charge in [-0.25, -0.2) is 0 Å². The number of aromatic hydroxyl groups is 1. The van der Waals surface area contributed by atoms with E-state index in [1.165, 1.54) is 0 Å². The van der Waals surface area contributed by atoms with Crippen LogP contribution in [0.15, 0.2) is 12.1 Å². The third kappa shape index (κ3) is 1.69. The quantitative estimate of drug-likeness (QED) is 0.421. The van der Waals surface area contributed by atoms with Gasteiger partial charge in [0.1, 0.15) is 0 Å². The minimum absolute atomic E-state index is 0.00701. The van der Waals surface area contributed by atoms with Crippen LogP contribution in [0.25, 0.3) is 0 Å². The largest absolute Gasteiger partial charge is 0.504 e. The average Bonchev–Trinajstić information content (AvgIpc) is 1.98. The zero-order chi connectivity index (χ0) is 10.2. The molecule has 0 amide bonds. The molecule has 0 heterocycles. The van der Waals surface area contributed by atoms with Crippen molar-refractivity contribution in [2.45, 2.75) is 26.2 Å². The molecule has 0 atom stereocenters. The predicted molar refractivity (Wildman–Crippen MR) is 55.6 cm³/mol. The van der Waals surface area contributed by atoms with Crippen LogP contribution in [-0.4, -0.2) is 5.11 Å². The number of hydrogen-bond acceptors (Lipinski definition) is 3. The minimum atomic E-state index is -0.0741. The van der Waals surface area contributed by atoms with Gasteiger partial charge in [0.15, 0.2) is 5.75 Å². The minimum Gasteiger partial charge on any atom is -0.504 e. The van der Waals surface area contributed by atoms with Crippen molar-refractivity contribution in [2.24, 2.45) is 0 Å². The lowest BCUT2D eigenvalue weighted by Crippen LogP contribution is -2.14. The topological polar surface area (TPSA) is 72.3 Å². The highest BCUT2D eigenvalue weighted by Crippen LogP contribution is 2.36. The van der Waals surface area contributed by atoms with Crippen LogP contribution in [0.2, 0.25) is 0 Å². The van der Waals surface area contributed by atoms with Gasteiger partial charge in [-0.3, -0.25) is 0 Å². The molecule has 0 aliphatic carbocycles. The van der Waals surface area contributed by atoms with Crippen molar-refractivity contribution < 1.29 is 5.11 Å². The average molecular weight is 180 g/mol.